The molecule has 0 saturated carbocycles. The van der Waals surface area contributed by atoms with Gasteiger partial charge in [0.1, 0.15) is 12.2 Å². The van der Waals surface area contributed by atoms with Crippen LogP contribution in [0.15, 0.2) is 82.5 Å². The summed E-state index contributed by atoms with van der Waals surface area (Å²) in [5.41, 5.74) is -2.48. The molecule has 0 amide bonds. The molecule has 1 saturated heterocycles. The van der Waals surface area contributed by atoms with Crippen molar-refractivity contribution in [2.45, 2.75) is 43.7 Å². The van der Waals surface area contributed by atoms with Gasteiger partial charge >= 0.3 is 5.69 Å². The Bertz CT molecular complexity index is 1190. The molecule has 0 bridgehead atoms. The Hall–Kier alpha value is -3.18. The summed E-state index contributed by atoms with van der Waals surface area (Å²) in [6, 6.07) is 18.9. The van der Waals surface area contributed by atoms with E-state index in [1.54, 1.807) is 54.6 Å². The number of nitrogens with zero attached hydrogens (tertiary/aromatic N) is 1. The minimum atomic E-state index is -3.12. The van der Waals surface area contributed by atoms with Crippen molar-refractivity contribution < 1.29 is 28.1 Å². The quantitative estimate of drug-likeness (QED) is 0.493. The summed E-state index contributed by atoms with van der Waals surface area (Å²) < 4.78 is 47.0. The number of aromatic amines is 1. The third-order valence-electron chi connectivity index (χ3n) is 5.63. The highest BCUT2D eigenvalue weighted by atomic mass is 19.3. The molecular formula is C24H24F2N2O6. The lowest BCUT2D eigenvalue weighted by Gasteiger charge is -2.33. The molecule has 2 heterocycles. The van der Waals surface area contributed by atoms with Gasteiger partial charge in [-0.1, -0.05) is 60.7 Å². The van der Waals surface area contributed by atoms with E-state index in [4.69, 9.17) is 14.2 Å². The third-order valence-corrected chi connectivity index (χ3v) is 5.63. The maximum absolute atomic E-state index is 14.6. The van der Waals surface area contributed by atoms with Gasteiger partial charge in [0.15, 0.2) is 11.8 Å². The van der Waals surface area contributed by atoms with Crippen molar-refractivity contribution in [3.05, 3.63) is 105 Å². The molecule has 4 atom stereocenters. The van der Waals surface area contributed by atoms with Crippen LogP contribution >= 0.6 is 0 Å². The maximum atomic E-state index is 14.6. The van der Waals surface area contributed by atoms with Gasteiger partial charge in [-0.05, 0) is 11.1 Å². The molecule has 1 aromatic heterocycles. The Labute approximate surface area is 193 Å². The zero-order valence-corrected chi connectivity index (χ0v) is 18.1. The molecule has 1 fully saturated rings. The average molecular weight is 474 g/mol. The number of aromatic nitrogens is 2. The van der Waals surface area contributed by atoms with E-state index in [1.807, 2.05) is 11.1 Å². The van der Waals surface area contributed by atoms with Crippen LogP contribution in [0, 0.1) is 0 Å². The van der Waals surface area contributed by atoms with Crippen LogP contribution in [0.1, 0.15) is 17.4 Å². The fraction of sp³-hybridized carbons (Fsp3) is 0.333. The molecule has 4 rings (SSSR count). The highest BCUT2D eigenvalue weighted by Gasteiger charge is 2.62. The van der Waals surface area contributed by atoms with Gasteiger partial charge < -0.3 is 19.3 Å². The molecule has 0 aliphatic carbocycles. The lowest BCUT2D eigenvalue weighted by molar-refractivity contribution is -0.215. The number of halogens is 2. The zero-order chi connectivity index (χ0) is 24.1. The molecular weight excluding hydrogens is 450 g/mol. The number of ether oxygens (including phenoxy) is 3. The standard InChI is InChI=1S/C24H24F2N2O6/c25-22(26)24(15-32-13-16-7-3-1-4-8-16)20(33-14-17-9-5-2-6-10-17)19(30)21(34-24)28-12-11-18(29)27-23(28)31/h1-12,19-22,30H,13-15H2,(H,27,29,31)/t19?,20?,21?,24-/m1/s1. The van der Waals surface area contributed by atoms with Crippen molar-refractivity contribution in [3.8, 4) is 0 Å². The molecule has 2 aromatic carbocycles. The SMILES string of the molecule is O=c1ccn(C2O[C@@](COCc3ccccc3)(C(F)F)C(OCc3ccccc3)C2O)c(=O)[nH]1. The molecule has 0 spiro atoms. The summed E-state index contributed by atoms with van der Waals surface area (Å²) in [5.74, 6) is 0. The topological polar surface area (TPSA) is 103 Å². The molecule has 34 heavy (non-hydrogen) atoms. The molecule has 8 nitrogen and oxygen atoms in total. The van der Waals surface area contributed by atoms with Crippen LogP contribution in [-0.2, 0) is 27.4 Å². The number of benzene rings is 2. The van der Waals surface area contributed by atoms with E-state index in [1.165, 1.54) is 0 Å². The van der Waals surface area contributed by atoms with Gasteiger partial charge in [-0.3, -0.25) is 14.3 Å². The second-order valence-electron chi connectivity index (χ2n) is 7.97. The second kappa shape index (κ2) is 10.4. The molecule has 3 aromatic rings. The van der Waals surface area contributed by atoms with Crippen LogP contribution < -0.4 is 11.2 Å². The van der Waals surface area contributed by atoms with E-state index in [9.17, 15) is 23.5 Å². The third kappa shape index (κ3) is 5.00. The number of aliphatic hydroxyl groups excluding tert-OH is 1. The maximum Gasteiger partial charge on any atom is 0.330 e. The van der Waals surface area contributed by atoms with E-state index >= 15 is 0 Å². The summed E-state index contributed by atoms with van der Waals surface area (Å²) in [7, 11) is 0. The Kier molecular flexibility index (Phi) is 7.32. The average Bonchev–Trinajstić information content (AvgIpc) is 3.11. The van der Waals surface area contributed by atoms with E-state index in [2.05, 4.69) is 0 Å². The predicted molar refractivity (Wildman–Crippen MR) is 117 cm³/mol. The molecule has 10 heteroatoms. The van der Waals surface area contributed by atoms with Crippen LogP contribution in [0.25, 0.3) is 0 Å². The van der Waals surface area contributed by atoms with E-state index in [0.717, 1.165) is 22.4 Å². The monoisotopic (exact) mass is 474 g/mol. The van der Waals surface area contributed by atoms with Crippen molar-refractivity contribution in [3.63, 3.8) is 0 Å². The van der Waals surface area contributed by atoms with Gasteiger partial charge in [-0.25, -0.2) is 13.6 Å². The van der Waals surface area contributed by atoms with Crippen LogP contribution in [0.5, 0.6) is 0 Å². The van der Waals surface area contributed by atoms with Gasteiger partial charge in [0.2, 0.25) is 0 Å². The number of nitrogens with one attached hydrogen (secondary N) is 1. The van der Waals surface area contributed by atoms with Crippen molar-refractivity contribution in [2.24, 2.45) is 0 Å². The van der Waals surface area contributed by atoms with Crippen LogP contribution in [0.4, 0.5) is 8.78 Å². The first-order valence-corrected chi connectivity index (χ1v) is 10.6. The van der Waals surface area contributed by atoms with Crippen LogP contribution in [-0.4, -0.2) is 45.5 Å². The van der Waals surface area contributed by atoms with Crippen molar-refractivity contribution in [1.29, 1.82) is 0 Å². The Morgan fingerprint density at radius 3 is 2.21 bits per heavy atom. The minimum Gasteiger partial charge on any atom is -0.386 e. The largest absolute Gasteiger partial charge is 0.386 e. The smallest absolute Gasteiger partial charge is 0.330 e. The number of alkyl halides is 2. The second-order valence-corrected chi connectivity index (χ2v) is 7.97. The molecule has 2 N–H and O–H groups in total. The molecule has 0 radical (unpaired) electrons. The van der Waals surface area contributed by atoms with Crippen LogP contribution in [0.3, 0.4) is 0 Å². The number of hydrogen-bond donors (Lipinski definition) is 2. The Morgan fingerprint density at radius 2 is 1.62 bits per heavy atom. The highest BCUT2D eigenvalue weighted by molar-refractivity contribution is 5.15. The minimum absolute atomic E-state index is 0.0312. The molecule has 3 unspecified atom stereocenters. The van der Waals surface area contributed by atoms with Crippen molar-refractivity contribution in [1.82, 2.24) is 9.55 Å². The van der Waals surface area contributed by atoms with Gasteiger partial charge in [-0.15, -0.1) is 0 Å². The van der Waals surface area contributed by atoms with Gasteiger partial charge in [0.05, 0.1) is 19.8 Å². The van der Waals surface area contributed by atoms with Crippen molar-refractivity contribution >= 4 is 0 Å². The number of rotatable bonds is 9. The molecule has 1 aliphatic heterocycles. The highest BCUT2D eigenvalue weighted by Crippen LogP contribution is 2.43. The predicted octanol–water partition coefficient (Wildman–Crippen LogP) is 2.23. The van der Waals surface area contributed by atoms with Gasteiger partial charge in [0, 0.05) is 12.3 Å². The Balaban J connectivity index is 1.63. The molecule has 1 aliphatic rings. The lowest BCUT2D eigenvalue weighted by Crippen LogP contribution is -2.53. The lowest BCUT2D eigenvalue weighted by atomic mass is 9.96. The number of aliphatic hydroxyl groups is 1. The molecule has 180 valence electrons. The summed E-state index contributed by atoms with van der Waals surface area (Å²) in [6.45, 7) is -0.652. The summed E-state index contributed by atoms with van der Waals surface area (Å²) in [4.78, 5) is 25.8. The van der Waals surface area contributed by atoms with E-state index in [-0.39, 0.29) is 13.2 Å². The van der Waals surface area contributed by atoms with Crippen LogP contribution in [0.2, 0.25) is 0 Å². The summed E-state index contributed by atoms with van der Waals surface area (Å²) in [5, 5.41) is 11.0. The number of hydrogen-bond acceptors (Lipinski definition) is 6. The van der Waals surface area contributed by atoms with Gasteiger partial charge in [0.25, 0.3) is 12.0 Å². The Morgan fingerprint density at radius 1 is 1.00 bits per heavy atom. The van der Waals surface area contributed by atoms with E-state index < -0.39 is 48.3 Å². The number of H-pyrrole nitrogens is 1. The normalized spacial score (nSPS) is 24.5. The fourth-order valence-corrected chi connectivity index (χ4v) is 3.91. The van der Waals surface area contributed by atoms with E-state index in [0.29, 0.717) is 5.56 Å². The first kappa shape index (κ1) is 24.0. The van der Waals surface area contributed by atoms with Crippen molar-refractivity contribution in [2.75, 3.05) is 6.61 Å². The van der Waals surface area contributed by atoms with Gasteiger partial charge in [-0.2, -0.15) is 0 Å². The summed E-state index contributed by atoms with van der Waals surface area (Å²) >= 11 is 0. The fourth-order valence-electron chi connectivity index (χ4n) is 3.91. The summed E-state index contributed by atoms with van der Waals surface area (Å²) in [6.07, 6.45) is -6.76. The first-order chi connectivity index (χ1) is 16.4. The zero-order valence-electron chi connectivity index (χ0n) is 18.1. The first-order valence-electron chi connectivity index (χ1n) is 10.6.